The van der Waals surface area contributed by atoms with Gasteiger partial charge in [0.2, 0.25) is 0 Å². The molecule has 2 aromatic rings. The lowest BCUT2D eigenvalue weighted by Gasteiger charge is -2.47. The van der Waals surface area contributed by atoms with Crippen molar-refractivity contribution in [2.24, 2.45) is 5.41 Å². The zero-order valence-corrected chi connectivity index (χ0v) is 20.3. The Hall–Kier alpha value is -2.10. The zero-order valence-electron chi connectivity index (χ0n) is 18.7. The van der Waals surface area contributed by atoms with Crippen molar-refractivity contribution in [2.75, 3.05) is 27.2 Å². The molecule has 180 valence electrons. The van der Waals surface area contributed by atoms with Gasteiger partial charge in [-0.15, -0.1) is 0 Å². The van der Waals surface area contributed by atoms with E-state index in [2.05, 4.69) is 20.2 Å². The molecular weight excluding hydrogens is 478 g/mol. The molecular formula is C22H26Cl2F3N5O. The minimum atomic E-state index is -4.79. The SMILES string of the molecule is CN1CC[C@@H](N(C)C(=O)NC(c2ccc(-c3cnccn3)c(Cl)c2Cl)C(F)(F)F)C(C)(C)C1. The van der Waals surface area contributed by atoms with Crippen molar-refractivity contribution < 1.29 is 18.0 Å². The Morgan fingerprint density at radius 2 is 1.97 bits per heavy atom. The number of carbonyl (C=O) groups excluding carboxylic acids is 1. The molecule has 1 unspecified atom stereocenters. The summed E-state index contributed by atoms with van der Waals surface area (Å²) in [7, 11) is 3.50. The molecule has 6 nitrogen and oxygen atoms in total. The van der Waals surface area contributed by atoms with Crippen molar-refractivity contribution >= 4 is 29.2 Å². The van der Waals surface area contributed by atoms with Gasteiger partial charge in [-0.1, -0.05) is 49.2 Å². The number of likely N-dealkylation sites (tertiary alicyclic amines) is 1. The second-order valence-corrected chi connectivity index (χ2v) is 9.74. The molecule has 1 aromatic heterocycles. The molecule has 1 aromatic carbocycles. The van der Waals surface area contributed by atoms with Gasteiger partial charge in [0.25, 0.3) is 0 Å². The Labute approximate surface area is 201 Å². The summed E-state index contributed by atoms with van der Waals surface area (Å²) >= 11 is 12.6. The normalized spacial score (nSPS) is 19.7. The number of hydrogen-bond acceptors (Lipinski definition) is 4. The molecule has 2 amide bonds. The molecule has 2 atom stereocenters. The minimum Gasteiger partial charge on any atom is -0.324 e. The van der Waals surface area contributed by atoms with E-state index in [9.17, 15) is 18.0 Å². The van der Waals surface area contributed by atoms with E-state index in [4.69, 9.17) is 23.2 Å². The van der Waals surface area contributed by atoms with Crippen LogP contribution in [-0.2, 0) is 0 Å². The van der Waals surface area contributed by atoms with Crippen LogP contribution in [0.5, 0.6) is 0 Å². The van der Waals surface area contributed by atoms with Gasteiger partial charge in [-0.25, -0.2) is 4.79 Å². The molecule has 2 heterocycles. The summed E-state index contributed by atoms with van der Waals surface area (Å²) in [5.41, 5.74) is 0.0847. The molecule has 11 heteroatoms. The third kappa shape index (κ3) is 5.53. The van der Waals surface area contributed by atoms with Crippen molar-refractivity contribution in [3.05, 3.63) is 46.3 Å². The number of carbonyl (C=O) groups is 1. The number of hydrogen-bond donors (Lipinski definition) is 1. The molecule has 0 saturated carbocycles. The highest BCUT2D eigenvalue weighted by Gasteiger charge is 2.45. The van der Waals surface area contributed by atoms with E-state index in [1.807, 2.05) is 20.9 Å². The van der Waals surface area contributed by atoms with Gasteiger partial charge in [0.15, 0.2) is 6.04 Å². The van der Waals surface area contributed by atoms with Crippen molar-refractivity contribution in [3.63, 3.8) is 0 Å². The Kier molecular flexibility index (Phi) is 7.45. The molecule has 3 rings (SSSR count). The number of urea groups is 1. The smallest absolute Gasteiger partial charge is 0.324 e. The van der Waals surface area contributed by atoms with E-state index in [0.29, 0.717) is 17.7 Å². The van der Waals surface area contributed by atoms with Gasteiger partial charge in [-0.3, -0.25) is 9.97 Å². The van der Waals surface area contributed by atoms with Crippen molar-refractivity contribution in [3.8, 4) is 11.3 Å². The predicted molar refractivity (Wildman–Crippen MR) is 122 cm³/mol. The number of nitrogens with one attached hydrogen (secondary N) is 1. The Morgan fingerprint density at radius 1 is 1.27 bits per heavy atom. The quantitative estimate of drug-likeness (QED) is 0.604. The van der Waals surface area contributed by atoms with E-state index in [1.165, 1.54) is 42.7 Å². The topological polar surface area (TPSA) is 61.4 Å². The van der Waals surface area contributed by atoms with Crippen LogP contribution in [0.15, 0.2) is 30.7 Å². The van der Waals surface area contributed by atoms with Crippen molar-refractivity contribution in [2.45, 2.75) is 38.5 Å². The Bertz CT molecular complexity index is 1000. The Morgan fingerprint density at radius 3 is 2.55 bits per heavy atom. The number of halogens is 5. The fourth-order valence-electron chi connectivity index (χ4n) is 4.46. The van der Waals surface area contributed by atoms with E-state index in [0.717, 1.165) is 13.1 Å². The van der Waals surface area contributed by atoms with Crippen LogP contribution in [0.4, 0.5) is 18.0 Å². The van der Waals surface area contributed by atoms with Gasteiger partial charge >= 0.3 is 12.2 Å². The standard InChI is InChI=1S/C22H26Cl2F3N5O/c1-21(2)12-31(3)10-7-16(21)32(4)20(33)30-19(22(25,26)27)14-6-5-13(17(23)18(14)24)15-11-28-8-9-29-15/h5-6,8-9,11,16,19H,7,10,12H2,1-4H3,(H,30,33)/t16-,19?/m1/s1. The first-order valence-electron chi connectivity index (χ1n) is 10.4. The first-order chi connectivity index (χ1) is 15.3. The summed E-state index contributed by atoms with van der Waals surface area (Å²) < 4.78 is 42.1. The predicted octanol–water partition coefficient (Wildman–Crippen LogP) is 5.43. The summed E-state index contributed by atoms with van der Waals surface area (Å²) in [6, 6.07) is -0.785. The number of aromatic nitrogens is 2. The minimum absolute atomic E-state index is 0.0945. The van der Waals surface area contributed by atoms with Crippen LogP contribution < -0.4 is 5.32 Å². The number of piperidine rings is 1. The summed E-state index contributed by atoms with van der Waals surface area (Å²) in [6.07, 6.45) is 0.194. The summed E-state index contributed by atoms with van der Waals surface area (Å²) in [5, 5.41) is 1.73. The third-order valence-electron chi connectivity index (χ3n) is 6.01. The van der Waals surface area contributed by atoms with Gasteiger partial charge in [-0.2, -0.15) is 13.2 Å². The van der Waals surface area contributed by atoms with E-state index in [1.54, 1.807) is 0 Å². The number of rotatable bonds is 4. The summed E-state index contributed by atoms with van der Waals surface area (Å²) in [4.78, 5) is 24.5. The van der Waals surface area contributed by atoms with Crippen LogP contribution in [0.3, 0.4) is 0 Å². The maximum absolute atomic E-state index is 14.0. The number of alkyl halides is 3. The van der Waals surface area contributed by atoms with Gasteiger partial charge < -0.3 is 15.1 Å². The summed E-state index contributed by atoms with van der Waals surface area (Å²) in [6.45, 7) is 5.48. The van der Waals surface area contributed by atoms with Crippen LogP contribution in [0, 0.1) is 5.41 Å². The van der Waals surface area contributed by atoms with Crippen molar-refractivity contribution in [1.82, 2.24) is 25.1 Å². The summed E-state index contributed by atoms with van der Waals surface area (Å²) in [5.74, 6) is 0. The second-order valence-electron chi connectivity index (χ2n) is 8.99. The number of nitrogens with zero attached hydrogens (tertiary/aromatic N) is 4. The maximum Gasteiger partial charge on any atom is 0.412 e. The van der Waals surface area contributed by atoms with Crippen LogP contribution in [-0.4, -0.2) is 65.2 Å². The largest absolute Gasteiger partial charge is 0.412 e. The molecule has 0 aliphatic carbocycles. The lowest BCUT2D eigenvalue weighted by atomic mass is 9.78. The van der Waals surface area contributed by atoms with Gasteiger partial charge in [0.1, 0.15) is 0 Å². The van der Waals surface area contributed by atoms with Gasteiger partial charge in [0, 0.05) is 43.2 Å². The van der Waals surface area contributed by atoms with E-state index in [-0.39, 0.29) is 27.1 Å². The van der Waals surface area contributed by atoms with Crippen LogP contribution in [0.2, 0.25) is 10.0 Å². The number of amides is 2. The fourth-order valence-corrected chi connectivity index (χ4v) is 5.00. The molecule has 0 bridgehead atoms. The van der Waals surface area contributed by atoms with Gasteiger partial charge in [-0.05, 0) is 25.4 Å². The molecule has 0 spiro atoms. The molecule has 0 radical (unpaired) electrons. The highest BCUT2D eigenvalue weighted by atomic mass is 35.5. The highest BCUT2D eigenvalue weighted by molar-refractivity contribution is 6.44. The lowest BCUT2D eigenvalue weighted by molar-refractivity contribution is -0.155. The third-order valence-corrected chi connectivity index (χ3v) is 6.91. The van der Waals surface area contributed by atoms with E-state index < -0.39 is 18.2 Å². The molecule has 1 fully saturated rings. The number of benzene rings is 1. The molecule has 1 aliphatic rings. The average molecular weight is 504 g/mol. The van der Waals surface area contributed by atoms with Crippen LogP contribution in [0.1, 0.15) is 31.9 Å². The molecule has 1 saturated heterocycles. The first-order valence-corrected chi connectivity index (χ1v) is 11.1. The molecule has 1 aliphatic heterocycles. The monoisotopic (exact) mass is 503 g/mol. The van der Waals surface area contributed by atoms with Crippen LogP contribution in [0.25, 0.3) is 11.3 Å². The zero-order chi connectivity index (χ0) is 24.6. The fraction of sp³-hybridized carbons (Fsp3) is 0.500. The average Bonchev–Trinajstić information content (AvgIpc) is 2.73. The van der Waals surface area contributed by atoms with E-state index >= 15 is 0 Å². The van der Waals surface area contributed by atoms with Crippen molar-refractivity contribution in [1.29, 1.82) is 0 Å². The molecule has 1 N–H and O–H groups in total. The second kappa shape index (κ2) is 9.64. The van der Waals surface area contributed by atoms with Gasteiger partial charge in [0.05, 0.1) is 21.9 Å². The lowest BCUT2D eigenvalue weighted by Crippen LogP contribution is -2.57. The first kappa shape index (κ1) is 25.5. The highest BCUT2D eigenvalue weighted by Crippen LogP contribution is 2.42. The Balaban J connectivity index is 1.89. The van der Waals surface area contributed by atoms with Crippen LogP contribution >= 0.6 is 23.2 Å². The molecule has 33 heavy (non-hydrogen) atoms. The maximum atomic E-state index is 14.0.